The van der Waals surface area contributed by atoms with E-state index in [1.165, 1.54) is 0 Å². The number of furan rings is 1. The van der Waals surface area contributed by atoms with Crippen molar-refractivity contribution >= 4 is 11.7 Å². The third kappa shape index (κ3) is 2.96. The zero-order valence-electron chi connectivity index (χ0n) is 11.3. The molecule has 0 aromatic carbocycles. The molecule has 0 unspecified atom stereocenters. The van der Waals surface area contributed by atoms with Gasteiger partial charge in [0.25, 0.3) is 0 Å². The number of anilines is 1. The number of aromatic amines is 1. The number of aromatic nitrogens is 6. The number of tetrazole rings is 1. The Morgan fingerprint density at radius 3 is 3.14 bits per heavy atom. The number of carbonyl (C=O) groups is 1. The number of aryl methyl sites for hydroxylation is 2. The summed E-state index contributed by atoms with van der Waals surface area (Å²) in [6, 6.07) is 5.29. The van der Waals surface area contributed by atoms with E-state index in [1.807, 2.05) is 0 Å². The summed E-state index contributed by atoms with van der Waals surface area (Å²) in [4.78, 5) is 11.8. The average molecular weight is 287 g/mol. The third-order valence-electron chi connectivity index (χ3n) is 2.89. The third-order valence-corrected chi connectivity index (χ3v) is 2.89. The summed E-state index contributed by atoms with van der Waals surface area (Å²) < 4.78 is 6.81. The van der Waals surface area contributed by atoms with E-state index in [1.54, 1.807) is 36.1 Å². The van der Waals surface area contributed by atoms with Crippen LogP contribution in [0.2, 0.25) is 0 Å². The Kier molecular flexibility index (Phi) is 3.46. The van der Waals surface area contributed by atoms with Crippen molar-refractivity contribution in [3.05, 3.63) is 30.3 Å². The first-order chi connectivity index (χ1) is 10.2. The maximum absolute atomic E-state index is 11.8. The SMILES string of the molecule is Cc1nnnn1CCC(=O)Nc1cc(-c2ccco2)[nH]n1. The second kappa shape index (κ2) is 5.57. The van der Waals surface area contributed by atoms with Gasteiger partial charge < -0.3 is 9.73 Å². The van der Waals surface area contributed by atoms with E-state index in [2.05, 4.69) is 31.0 Å². The summed E-state index contributed by atoms with van der Waals surface area (Å²) in [5, 5.41) is 20.6. The van der Waals surface area contributed by atoms with Gasteiger partial charge in [0.05, 0.1) is 12.8 Å². The van der Waals surface area contributed by atoms with Gasteiger partial charge in [-0.2, -0.15) is 5.10 Å². The molecule has 0 bridgehead atoms. The average Bonchev–Trinajstić information content (AvgIpc) is 3.17. The van der Waals surface area contributed by atoms with Gasteiger partial charge in [-0.25, -0.2) is 4.68 Å². The van der Waals surface area contributed by atoms with E-state index in [0.29, 0.717) is 29.6 Å². The van der Waals surface area contributed by atoms with Crippen LogP contribution in [0.5, 0.6) is 0 Å². The molecule has 9 nitrogen and oxygen atoms in total. The molecule has 3 aromatic heterocycles. The minimum Gasteiger partial charge on any atom is -0.463 e. The zero-order valence-corrected chi connectivity index (χ0v) is 11.3. The summed E-state index contributed by atoms with van der Waals surface area (Å²) in [7, 11) is 0. The fraction of sp³-hybridized carbons (Fsp3) is 0.250. The quantitative estimate of drug-likeness (QED) is 0.723. The fourth-order valence-electron chi connectivity index (χ4n) is 1.81. The second-order valence-electron chi connectivity index (χ2n) is 4.39. The monoisotopic (exact) mass is 287 g/mol. The Labute approximate surface area is 119 Å². The molecule has 9 heteroatoms. The molecule has 0 spiro atoms. The summed E-state index contributed by atoms with van der Waals surface area (Å²) in [6.07, 6.45) is 1.83. The molecule has 2 N–H and O–H groups in total. The number of hydrogen-bond donors (Lipinski definition) is 2. The van der Waals surface area contributed by atoms with Crippen LogP contribution in [0.3, 0.4) is 0 Å². The summed E-state index contributed by atoms with van der Waals surface area (Å²) in [5.74, 6) is 1.61. The van der Waals surface area contributed by atoms with Crippen LogP contribution < -0.4 is 5.32 Å². The highest BCUT2D eigenvalue weighted by molar-refractivity contribution is 5.90. The summed E-state index contributed by atoms with van der Waals surface area (Å²) in [6.45, 7) is 2.20. The highest BCUT2D eigenvalue weighted by Crippen LogP contribution is 2.19. The van der Waals surface area contributed by atoms with E-state index in [9.17, 15) is 4.79 Å². The van der Waals surface area contributed by atoms with Gasteiger partial charge in [-0.1, -0.05) is 0 Å². The number of carbonyl (C=O) groups excluding carboxylic acids is 1. The molecule has 0 aliphatic heterocycles. The van der Waals surface area contributed by atoms with Crippen molar-refractivity contribution in [1.29, 1.82) is 0 Å². The van der Waals surface area contributed by atoms with E-state index in [4.69, 9.17) is 4.42 Å². The highest BCUT2D eigenvalue weighted by Gasteiger charge is 2.10. The minimum atomic E-state index is -0.164. The summed E-state index contributed by atoms with van der Waals surface area (Å²) in [5.41, 5.74) is 0.701. The molecule has 1 amide bonds. The molecular weight excluding hydrogens is 274 g/mol. The number of amides is 1. The Balaban J connectivity index is 1.57. The minimum absolute atomic E-state index is 0.164. The Morgan fingerprint density at radius 2 is 2.43 bits per heavy atom. The lowest BCUT2D eigenvalue weighted by atomic mass is 10.3. The van der Waals surface area contributed by atoms with Crippen LogP contribution >= 0.6 is 0 Å². The van der Waals surface area contributed by atoms with Crippen molar-refractivity contribution in [2.24, 2.45) is 0 Å². The molecule has 0 radical (unpaired) electrons. The van der Waals surface area contributed by atoms with Gasteiger partial charge in [-0.05, 0) is 29.5 Å². The van der Waals surface area contributed by atoms with Crippen molar-refractivity contribution in [2.45, 2.75) is 19.9 Å². The smallest absolute Gasteiger partial charge is 0.227 e. The van der Waals surface area contributed by atoms with Crippen LogP contribution in [-0.2, 0) is 11.3 Å². The number of hydrogen-bond acceptors (Lipinski definition) is 6. The Bertz CT molecular complexity index is 728. The maximum Gasteiger partial charge on any atom is 0.227 e. The molecule has 3 heterocycles. The number of nitrogens with one attached hydrogen (secondary N) is 2. The van der Waals surface area contributed by atoms with Gasteiger partial charge in [0.15, 0.2) is 11.6 Å². The van der Waals surface area contributed by atoms with E-state index >= 15 is 0 Å². The number of nitrogens with zero attached hydrogens (tertiary/aromatic N) is 5. The van der Waals surface area contributed by atoms with Crippen LogP contribution in [0.15, 0.2) is 28.9 Å². The van der Waals surface area contributed by atoms with Crippen LogP contribution in [0.25, 0.3) is 11.5 Å². The molecule has 0 fully saturated rings. The molecular formula is C12H13N7O2. The van der Waals surface area contributed by atoms with Crippen molar-refractivity contribution in [2.75, 3.05) is 5.32 Å². The summed E-state index contributed by atoms with van der Waals surface area (Å²) >= 11 is 0. The predicted octanol–water partition coefficient (Wildman–Crippen LogP) is 0.993. The van der Waals surface area contributed by atoms with Crippen molar-refractivity contribution in [3.8, 4) is 11.5 Å². The normalized spacial score (nSPS) is 10.7. The number of H-pyrrole nitrogens is 1. The first kappa shape index (κ1) is 13.0. The van der Waals surface area contributed by atoms with Gasteiger partial charge in [-0.15, -0.1) is 5.10 Å². The molecule has 3 aromatic rings. The van der Waals surface area contributed by atoms with Gasteiger partial charge in [0, 0.05) is 12.5 Å². The maximum atomic E-state index is 11.8. The van der Waals surface area contributed by atoms with Gasteiger partial charge in [-0.3, -0.25) is 9.89 Å². The molecule has 0 aliphatic carbocycles. The van der Waals surface area contributed by atoms with Crippen molar-refractivity contribution in [1.82, 2.24) is 30.4 Å². The van der Waals surface area contributed by atoms with Crippen LogP contribution in [0, 0.1) is 6.92 Å². The zero-order chi connectivity index (χ0) is 14.7. The largest absolute Gasteiger partial charge is 0.463 e. The van der Waals surface area contributed by atoms with Crippen molar-refractivity contribution in [3.63, 3.8) is 0 Å². The number of rotatable bonds is 5. The fourth-order valence-corrected chi connectivity index (χ4v) is 1.81. The Hall–Kier alpha value is -2.97. The molecule has 0 saturated carbocycles. The highest BCUT2D eigenvalue weighted by atomic mass is 16.3. The van der Waals surface area contributed by atoms with E-state index in [0.717, 1.165) is 0 Å². The molecule has 108 valence electrons. The Morgan fingerprint density at radius 1 is 1.52 bits per heavy atom. The lowest BCUT2D eigenvalue weighted by Gasteiger charge is -2.02. The lowest BCUT2D eigenvalue weighted by molar-refractivity contribution is -0.116. The molecule has 21 heavy (non-hydrogen) atoms. The predicted molar refractivity (Wildman–Crippen MR) is 72.1 cm³/mol. The van der Waals surface area contributed by atoms with Gasteiger partial charge >= 0.3 is 0 Å². The lowest BCUT2D eigenvalue weighted by Crippen LogP contribution is -2.15. The first-order valence-corrected chi connectivity index (χ1v) is 6.34. The molecule has 0 aliphatic rings. The first-order valence-electron chi connectivity index (χ1n) is 6.34. The molecule has 0 saturated heterocycles. The van der Waals surface area contributed by atoms with Crippen LogP contribution in [0.4, 0.5) is 5.82 Å². The van der Waals surface area contributed by atoms with Gasteiger partial charge in [0.2, 0.25) is 5.91 Å². The van der Waals surface area contributed by atoms with E-state index in [-0.39, 0.29) is 12.3 Å². The van der Waals surface area contributed by atoms with Gasteiger partial charge in [0.1, 0.15) is 11.5 Å². The van der Waals surface area contributed by atoms with Crippen molar-refractivity contribution < 1.29 is 9.21 Å². The van der Waals surface area contributed by atoms with E-state index < -0.39 is 0 Å². The molecule has 0 atom stereocenters. The molecule has 3 rings (SSSR count). The van der Waals surface area contributed by atoms with Crippen LogP contribution in [0.1, 0.15) is 12.2 Å². The van der Waals surface area contributed by atoms with Crippen LogP contribution in [-0.4, -0.2) is 36.3 Å². The second-order valence-corrected chi connectivity index (χ2v) is 4.39. The standard InChI is InChI=1S/C12H13N7O2/c1-8-14-17-18-19(8)5-4-12(20)13-11-7-9(15-16-11)10-3-2-6-21-10/h2-3,6-7H,4-5H2,1H3,(H2,13,15,16,20). The topological polar surface area (TPSA) is 115 Å².